The molecule has 1 atom stereocenters. The first-order valence-electron chi connectivity index (χ1n) is 13.6. The summed E-state index contributed by atoms with van der Waals surface area (Å²) < 4.78 is 5.73. The smallest absolute Gasteiger partial charge is 0.411 e. The Morgan fingerprint density at radius 3 is 2.40 bits per heavy atom. The molecule has 0 bridgehead atoms. The van der Waals surface area contributed by atoms with Gasteiger partial charge < -0.3 is 25.6 Å². The van der Waals surface area contributed by atoms with Crippen LogP contribution in [0, 0.1) is 0 Å². The largest absolute Gasteiger partial charge is 0.446 e. The summed E-state index contributed by atoms with van der Waals surface area (Å²) in [6.45, 7) is 4.43. The van der Waals surface area contributed by atoms with Gasteiger partial charge in [-0.05, 0) is 49.6 Å². The van der Waals surface area contributed by atoms with Crippen molar-refractivity contribution >= 4 is 29.3 Å². The van der Waals surface area contributed by atoms with Crippen molar-refractivity contribution in [1.29, 1.82) is 0 Å². The van der Waals surface area contributed by atoms with E-state index in [1.807, 2.05) is 54.6 Å². The number of amides is 3. The van der Waals surface area contributed by atoms with Gasteiger partial charge in [0.05, 0.1) is 11.7 Å². The summed E-state index contributed by atoms with van der Waals surface area (Å²) in [4.78, 5) is 41.4. The predicted octanol–water partition coefficient (Wildman–Crippen LogP) is 4.42. The highest BCUT2D eigenvalue weighted by Crippen LogP contribution is 2.28. The molecule has 0 aromatic heterocycles. The predicted molar refractivity (Wildman–Crippen MR) is 157 cm³/mol. The van der Waals surface area contributed by atoms with Crippen LogP contribution in [0.4, 0.5) is 16.2 Å². The van der Waals surface area contributed by atoms with Crippen LogP contribution in [0.1, 0.15) is 30.1 Å². The normalized spacial score (nSPS) is 14.7. The number of piperidine rings is 1. The lowest BCUT2D eigenvalue weighted by molar-refractivity contribution is -0.117. The third-order valence-corrected chi connectivity index (χ3v) is 6.95. The van der Waals surface area contributed by atoms with E-state index in [-0.39, 0.29) is 17.9 Å². The van der Waals surface area contributed by atoms with E-state index in [2.05, 4.69) is 15.5 Å². The van der Waals surface area contributed by atoms with Crippen molar-refractivity contribution in [1.82, 2.24) is 9.80 Å². The zero-order valence-corrected chi connectivity index (χ0v) is 23.0. The molecule has 1 aliphatic rings. The highest BCUT2D eigenvalue weighted by Gasteiger charge is 2.23. The number of likely N-dealkylation sites (N-methyl/N-ethyl adjacent to an activating group) is 1. The molecule has 0 saturated carbocycles. The number of carbonyl (C=O) groups excluding carboxylic acids is 3. The number of rotatable bonds is 9. The standard InChI is InChI=1S/C31H37N5O4/c1-22(32)29(37)33-25-12-8-11-24(21-25)30(38)35(2)19-20-36-17-15-26(16-18-36)40-31(39)34-28-14-7-6-13-27(28)23-9-4-3-5-10-23/h3-14,21-22,26H,15-20,32H2,1-2H3,(H,33,37)(H,34,39). The molecule has 1 saturated heterocycles. The van der Waals surface area contributed by atoms with Gasteiger partial charge in [-0.1, -0.05) is 54.6 Å². The number of anilines is 2. The summed E-state index contributed by atoms with van der Waals surface area (Å²) in [6.07, 6.45) is 0.847. The van der Waals surface area contributed by atoms with E-state index in [9.17, 15) is 14.4 Å². The molecular formula is C31H37N5O4. The van der Waals surface area contributed by atoms with Gasteiger partial charge in [0.25, 0.3) is 5.91 Å². The van der Waals surface area contributed by atoms with E-state index in [4.69, 9.17) is 10.5 Å². The highest BCUT2D eigenvalue weighted by atomic mass is 16.6. The zero-order valence-electron chi connectivity index (χ0n) is 23.0. The topological polar surface area (TPSA) is 117 Å². The van der Waals surface area contributed by atoms with E-state index >= 15 is 0 Å². The van der Waals surface area contributed by atoms with E-state index in [1.54, 1.807) is 43.1 Å². The molecule has 0 spiro atoms. The average Bonchev–Trinajstić information content (AvgIpc) is 2.97. The monoisotopic (exact) mass is 543 g/mol. The first-order valence-corrected chi connectivity index (χ1v) is 13.6. The first-order chi connectivity index (χ1) is 19.3. The molecule has 9 heteroatoms. The molecular weight excluding hydrogens is 506 g/mol. The molecule has 1 heterocycles. The SMILES string of the molecule is CC(N)C(=O)Nc1cccc(C(=O)N(C)CCN2CCC(OC(=O)Nc3ccccc3-c3ccccc3)CC2)c1. The summed E-state index contributed by atoms with van der Waals surface area (Å²) in [6, 6.07) is 23.8. The second-order valence-electron chi connectivity index (χ2n) is 10.1. The molecule has 0 radical (unpaired) electrons. The van der Waals surface area contributed by atoms with Gasteiger partial charge in [-0.25, -0.2) is 4.79 Å². The maximum atomic E-state index is 12.9. The summed E-state index contributed by atoms with van der Waals surface area (Å²) >= 11 is 0. The maximum Gasteiger partial charge on any atom is 0.411 e. The third-order valence-electron chi connectivity index (χ3n) is 6.95. The molecule has 3 amide bonds. The van der Waals surface area contributed by atoms with Gasteiger partial charge in [0.2, 0.25) is 5.91 Å². The molecule has 3 aromatic rings. The fourth-order valence-corrected chi connectivity index (χ4v) is 4.60. The summed E-state index contributed by atoms with van der Waals surface area (Å²) in [7, 11) is 1.77. The van der Waals surface area contributed by atoms with Gasteiger partial charge in [-0.15, -0.1) is 0 Å². The number of hydrogen-bond acceptors (Lipinski definition) is 6. The van der Waals surface area contributed by atoms with Gasteiger partial charge in [0.1, 0.15) is 6.10 Å². The fourth-order valence-electron chi connectivity index (χ4n) is 4.60. The number of nitrogens with zero attached hydrogens (tertiary/aromatic N) is 2. The number of nitrogens with two attached hydrogens (primary N) is 1. The van der Waals surface area contributed by atoms with Crippen LogP contribution in [0.25, 0.3) is 11.1 Å². The Hall–Kier alpha value is -4.21. The van der Waals surface area contributed by atoms with E-state index < -0.39 is 12.1 Å². The van der Waals surface area contributed by atoms with Gasteiger partial charge in [-0.2, -0.15) is 0 Å². The number of nitrogens with one attached hydrogen (secondary N) is 2. The molecule has 1 unspecified atom stereocenters. The molecule has 9 nitrogen and oxygen atoms in total. The van der Waals surface area contributed by atoms with E-state index in [0.29, 0.717) is 30.0 Å². The minimum absolute atomic E-state index is 0.123. The fraction of sp³-hybridized carbons (Fsp3) is 0.323. The van der Waals surface area contributed by atoms with Crippen LogP contribution < -0.4 is 16.4 Å². The molecule has 4 N–H and O–H groups in total. The van der Waals surface area contributed by atoms with Gasteiger partial charge in [-0.3, -0.25) is 14.9 Å². The van der Waals surface area contributed by atoms with Crippen molar-refractivity contribution in [3.8, 4) is 11.1 Å². The highest BCUT2D eigenvalue weighted by molar-refractivity contribution is 5.98. The lowest BCUT2D eigenvalue weighted by atomic mass is 10.0. The number of carbonyl (C=O) groups is 3. The Morgan fingerprint density at radius 1 is 0.975 bits per heavy atom. The van der Waals surface area contributed by atoms with Gasteiger partial charge in [0.15, 0.2) is 0 Å². The number of hydrogen-bond donors (Lipinski definition) is 3. The molecule has 4 rings (SSSR count). The third kappa shape index (κ3) is 7.91. The minimum atomic E-state index is -0.637. The Morgan fingerprint density at radius 2 is 1.68 bits per heavy atom. The average molecular weight is 544 g/mol. The second-order valence-corrected chi connectivity index (χ2v) is 10.1. The Bertz CT molecular complexity index is 1310. The summed E-state index contributed by atoms with van der Waals surface area (Å²) in [5, 5.41) is 5.62. The number of para-hydroxylation sites is 1. The Balaban J connectivity index is 1.21. The lowest BCUT2D eigenvalue weighted by Gasteiger charge is -2.32. The van der Waals surface area contributed by atoms with Crippen molar-refractivity contribution in [2.75, 3.05) is 43.9 Å². The van der Waals surface area contributed by atoms with E-state index in [0.717, 1.165) is 37.1 Å². The van der Waals surface area contributed by atoms with Crippen LogP contribution in [0.15, 0.2) is 78.9 Å². The zero-order chi connectivity index (χ0) is 28.5. The van der Waals surface area contributed by atoms with Crippen molar-refractivity contribution in [3.63, 3.8) is 0 Å². The lowest BCUT2D eigenvalue weighted by Crippen LogP contribution is -2.42. The van der Waals surface area contributed by atoms with Crippen LogP contribution in [0.3, 0.4) is 0 Å². The van der Waals surface area contributed by atoms with Crippen molar-refractivity contribution in [2.24, 2.45) is 5.73 Å². The van der Waals surface area contributed by atoms with Gasteiger partial charge >= 0.3 is 6.09 Å². The van der Waals surface area contributed by atoms with Crippen molar-refractivity contribution < 1.29 is 19.1 Å². The van der Waals surface area contributed by atoms with Crippen LogP contribution in [0.2, 0.25) is 0 Å². The molecule has 0 aliphatic carbocycles. The van der Waals surface area contributed by atoms with E-state index in [1.165, 1.54) is 0 Å². The second kappa shape index (κ2) is 13.7. The quantitative estimate of drug-likeness (QED) is 0.368. The van der Waals surface area contributed by atoms with Crippen LogP contribution in [0.5, 0.6) is 0 Å². The van der Waals surface area contributed by atoms with Crippen LogP contribution in [-0.2, 0) is 9.53 Å². The first kappa shape index (κ1) is 28.8. The number of ether oxygens (including phenoxy) is 1. The summed E-state index contributed by atoms with van der Waals surface area (Å²) in [5.74, 6) is -0.428. The van der Waals surface area contributed by atoms with Crippen molar-refractivity contribution in [2.45, 2.75) is 31.9 Å². The number of likely N-dealkylation sites (tertiary alicyclic amines) is 1. The maximum absolute atomic E-state index is 12.9. The minimum Gasteiger partial charge on any atom is -0.446 e. The molecule has 1 fully saturated rings. The van der Waals surface area contributed by atoms with Crippen LogP contribution in [-0.4, -0.2) is 73.1 Å². The van der Waals surface area contributed by atoms with Gasteiger partial charge in [0, 0.05) is 50.0 Å². The Labute approximate surface area is 235 Å². The summed E-state index contributed by atoms with van der Waals surface area (Å²) in [5.41, 5.74) is 9.32. The molecule has 1 aliphatic heterocycles. The van der Waals surface area contributed by atoms with Crippen LogP contribution >= 0.6 is 0 Å². The Kier molecular flexibility index (Phi) is 9.88. The van der Waals surface area contributed by atoms with Crippen molar-refractivity contribution in [3.05, 3.63) is 84.4 Å². The number of benzene rings is 3. The molecule has 210 valence electrons. The molecule has 40 heavy (non-hydrogen) atoms. The molecule has 3 aromatic carbocycles.